The largest absolute Gasteiger partial charge is 0.368 e. The Morgan fingerprint density at radius 1 is 1.14 bits per heavy atom. The number of halogens is 1. The lowest BCUT2D eigenvalue weighted by atomic mass is 9.89. The molecule has 1 unspecified atom stereocenters. The highest BCUT2D eigenvalue weighted by molar-refractivity contribution is 9.10. The average molecular weight is 345 g/mol. The maximum atomic E-state index is 3.69. The van der Waals surface area contributed by atoms with Crippen molar-refractivity contribution in [3.8, 4) is 0 Å². The van der Waals surface area contributed by atoms with Crippen molar-refractivity contribution in [2.75, 3.05) is 24.5 Å². The summed E-state index contributed by atoms with van der Waals surface area (Å²) in [4.78, 5) is 2.47. The Balaban J connectivity index is 1.89. The van der Waals surface area contributed by atoms with Gasteiger partial charge in [-0.1, -0.05) is 46.3 Å². The molecule has 0 saturated carbocycles. The number of rotatable bonds is 2. The third kappa shape index (κ3) is 3.14. The highest BCUT2D eigenvalue weighted by Crippen LogP contribution is 2.29. The summed E-state index contributed by atoms with van der Waals surface area (Å²) in [5.74, 6) is 0. The minimum Gasteiger partial charge on any atom is -0.368 e. The van der Waals surface area contributed by atoms with E-state index >= 15 is 0 Å². The molecule has 0 spiro atoms. The van der Waals surface area contributed by atoms with Gasteiger partial charge in [-0.2, -0.15) is 0 Å². The van der Waals surface area contributed by atoms with Crippen LogP contribution in [0, 0.1) is 6.92 Å². The Kier molecular flexibility index (Phi) is 4.05. The van der Waals surface area contributed by atoms with Crippen molar-refractivity contribution in [2.45, 2.75) is 19.4 Å². The van der Waals surface area contributed by atoms with Gasteiger partial charge in [0.2, 0.25) is 0 Å². The summed E-state index contributed by atoms with van der Waals surface area (Å²) in [6.07, 6.45) is 0. The molecule has 3 heteroatoms. The van der Waals surface area contributed by atoms with E-state index in [2.05, 4.69) is 88.5 Å². The molecule has 3 rings (SSSR count). The van der Waals surface area contributed by atoms with E-state index in [1.165, 1.54) is 16.8 Å². The number of aryl methyl sites for hydroxylation is 1. The first-order valence-corrected chi connectivity index (χ1v) is 8.19. The van der Waals surface area contributed by atoms with Gasteiger partial charge in [0, 0.05) is 29.8 Å². The van der Waals surface area contributed by atoms with E-state index in [1.54, 1.807) is 0 Å². The Morgan fingerprint density at radius 2 is 1.90 bits per heavy atom. The summed E-state index contributed by atoms with van der Waals surface area (Å²) >= 11 is 3.61. The lowest BCUT2D eigenvalue weighted by Gasteiger charge is -2.43. The monoisotopic (exact) mass is 344 g/mol. The molecule has 0 radical (unpaired) electrons. The third-order valence-electron chi connectivity index (χ3n) is 4.21. The topological polar surface area (TPSA) is 15.3 Å². The zero-order chi connectivity index (χ0) is 14.9. The molecule has 1 aliphatic heterocycles. The van der Waals surface area contributed by atoms with E-state index in [1.807, 2.05) is 0 Å². The van der Waals surface area contributed by atoms with Crippen molar-refractivity contribution in [3.63, 3.8) is 0 Å². The molecule has 1 saturated heterocycles. The van der Waals surface area contributed by atoms with Gasteiger partial charge >= 0.3 is 0 Å². The van der Waals surface area contributed by atoms with Crippen LogP contribution in [0.2, 0.25) is 0 Å². The predicted octanol–water partition coefficient (Wildman–Crippen LogP) is 4.08. The zero-order valence-corrected chi connectivity index (χ0v) is 14.2. The second kappa shape index (κ2) is 5.82. The molecule has 110 valence electrons. The molecule has 1 aliphatic rings. The Labute approximate surface area is 135 Å². The van der Waals surface area contributed by atoms with Gasteiger partial charge in [-0.3, -0.25) is 0 Å². The second-order valence-corrected chi connectivity index (χ2v) is 6.95. The highest BCUT2D eigenvalue weighted by atomic mass is 79.9. The van der Waals surface area contributed by atoms with Crippen LogP contribution in [0.25, 0.3) is 0 Å². The lowest BCUT2D eigenvalue weighted by molar-refractivity contribution is 0.332. The molecule has 1 atom stereocenters. The van der Waals surface area contributed by atoms with Crippen molar-refractivity contribution >= 4 is 21.6 Å². The van der Waals surface area contributed by atoms with Crippen LogP contribution in [0.4, 0.5) is 5.69 Å². The van der Waals surface area contributed by atoms with Crippen LogP contribution < -0.4 is 10.2 Å². The van der Waals surface area contributed by atoms with Gasteiger partial charge in [-0.15, -0.1) is 0 Å². The van der Waals surface area contributed by atoms with Crippen molar-refractivity contribution in [1.82, 2.24) is 5.32 Å². The van der Waals surface area contributed by atoms with E-state index in [9.17, 15) is 0 Å². The number of hydrogen-bond donors (Lipinski definition) is 1. The predicted molar refractivity (Wildman–Crippen MR) is 92.9 cm³/mol. The first-order valence-electron chi connectivity index (χ1n) is 7.39. The fraction of sp³-hybridized carbons (Fsp3) is 0.333. The molecular weight excluding hydrogens is 324 g/mol. The van der Waals surface area contributed by atoms with Crippen LogP contribution in [0.3, 0.4) is 0 Å². The molecule has 21 heavy (non-hydrogen) atoms. The molecule has 1 fully saturated rings. The van der Waals surface area contributed by atoms with E-state index in [0.717, 1.165) is 24.1 Å². The van der Waals surface area contributed by atoms with Crippen LogP contribution in [0.5, 0.6) is 0 Å². The molecule has 1 heterocycles. The molecule has 2 aromatic rings. The van der Waals surface area contributed by atoms with Gasteiger partial charge in [0.25, 0.3) is 0 Å². The Morgan fingerprint density at radius 3 is 2.62 bits per heavy atom. The number of anilines is 1. The van der Waals surface area contributed by atoms with Crippen LogP contribution >= 0.6 is 15.9 Å². The van der Waals surface area contributed by atoms with Gasteiger partial charge in [-0.25, -0.2) is 0 Å². The van der Waals surface area contributed by atoms with E-state index in [-0.39, 0.29) is 5.54 Å². The summed E-state index contributed by atoms with van der Waals surface area (Å²) in [6.45, 7) is 7.45. The van der Waals surface area contributed by atoms with Crippen molar-refractivity contribution < 1.29 is 0 Å². The summed E-state index contributed by atoms with van der Waals surface area (Å²) < 4.78 is 1.15. The van der Waals surface area contributed by atoms with E-state index in [0.29, 0.717) is 0 Å². The maximum Gasteiger partial charge on any atom is 0.0584 e. The maximum absolute atomic E-state index is 3.69. The lowest BCUT2D eigenvalue weighted by Crippen LogP contribution is -2.56. The molecule has 1 N–H and O–H groups in total. The zero-order valence-electron chi connectivity index (χ0n) is 12.6. The highest BCUT2D eigenvalue weighted by Gasteiger charge is 2.32. The number of benzene rings is 2. The summed E-state index contributed by atoms with van der Waals surface area (Å²) in [7, 11) is 0. The second-order valence-electron chi connectivity index (χ2n) is 6.03. The molecule has 2 aromatic carbocycles. The van der Waals surface area contributed by atoms with Crippen molar-refractivity contribution in [1.29, 1.82) is 0 Å². The van der Waals surface area contributed by atoms with Gasteiger partial charge in [-0.05, 0) is 43.2 Å². The molecule has 0 aromatic heterocycles. The Bertz CT molecular complexity index is 606. The summed E-state index contributed by atoms with van der Waals surface area (Å²) in [5.41, 5.74) is 3.93. The smallest absolute Gasteiger partial charge is 0.0584 e. The number of piperazine rings is 1. The number of nitrogens with one attached hydrogen (secondary N) is 1. The quantitative estimate of drug-likeness (QED) is 0.882. The van der Waals surface area contributed by atoms with E-state index in [4.69, 9.17) is 0 Å². The van der Waals surface area contributed by atoms with Crippen LogP contribution in [-0.2, 0) is 5.54 Å². The first kappa shape index (κ1) is 14.6. The molecule has 0 aliphatic carbocycles. The van der Waals surface area contributed by atoms with E-state index < -0.39 is 0 Å². The van der Waals surface area contributed by atoms with Crippen LogP contribution in [0.1, 0.15) is 18.1 Å². The standard InChI is InChI=1S/C18H21BrN2/c1-14-10-16(19)12-17(11-14)21-9-8-20-18(2,13-21)15-6-4-3-5-7-15/h3-7,10-12,20H,8-9,13H2,1-2H3. The van der Waals surface area contributed by atoms with Gasteiger partial charge in [0.05, 0.1) is 5.54 Å². The summed E-state index contributed by atoms with van der Waals surface area (Å²) in [6, 6.07) is 17.4. The number of nitrogens with zero attached hydrogens (tertiary/aromatic N) is 1. The Hall–Kier alpha value is -1.32. The minimum absolute atomic E-state index is 0.00423. The van der Waals surface area contributed by atoms with Crippen LogP contribution in [0.15, 0.2) is 53.0 Å². The molecule has 2 nitrogen and oxygen atoms in total. The van der Waals surface area contributed by atoms with Crippen molar-refractivity contribution in [2.24, 2.45) is 0 Å². The fourth-order valence-corrected chi connectivity index (χ4v) is 3.70. The number of hydrogen-bond acceptors (Lipinski definition) is 2. The van der Waals surface area contributed by atoms with Gasteiger partial charge in [0.15, 0.2) is 0 Å². The van der Waals surface area contributed by atoms with Gasteiger partial charge < -0.3 is 10.2 Å². The van der Waals surface area contributed by atoms with Crippen molar-refractivity contribution in [3.05, 3.63) is 64.1 Å². The molecular formula is C18H21BrN2. The normalized spacial score (nSPS) is 22.3. The van der Waals surface area contributed by atoms with Gasteiger partial charge in [0.1, 0.15) is 0 Å². The SMILES string of the molecule is Cc1cc(Br)cc(N2CCNC(C)(c3ccccc3)C2)c1. The minimum atomic E-state index is -0.00423. The molecule has 0 amide bonds. The first-order chi connectivity index (χ1) is 10.1. The third-order valence-corrected chi connectivity index (χ3v) is 4.66. The van der Waals surface area contributed by atoms with Crippen LogP contribution in [-0.4, -0.2) is 19.6 Å². The fourth-order valence-electron chi connectivity index (χ4n) is 3.10. The molecule has 0 bridgehead atoms. The average Bonchev–Trinajstić information content (AvgIpc) is 2.47. The summed E-state index contributed by atoms with van der Waals surface area (Å²) in [5, 5.41) is 3.69.